The maximum atomic E-state index is 5.82. The first-order valence-electron chi connectivity index (χ1n) is 38.0. The summed E-state index contributed by atoms with van der Waals surface area (Å²) in [7, 11) is 0. The van der Waals surface area contributed by atoms with Crippen LogP contribution in [0.1, 0.15) is 272 Å². The van der Waals surface area contributed by atoms with Gasteiger partial charge in [0.15, 0.2) is 0 Å². The summed E-state index contributed by atoms with van der Waals surface area (Å²) in [4.78, 5) is 2.70. The highest BCUT2D eigenvalue weighted by Gasteiger charge is 2.10. The lowest BCUT2D eigenvalue weighted by Gasteiger charge is -2.15. The zero-order valence-corrected chi connectivity index (χ0v) is 69.5. The zero-order chi connectivity index (χ0) is 73.9. The van der Waals surface area contributed by atoms with E-state index in [1.165, 1.54) is 137 Å². The van der Waals surface area contributed by atoms with Crippen LogP contribution in [0, 0.1) is 0 Å². The van der Waals surface area contributed by atoms with E-state index in [1.807, 2.05) is 47.8 Å². The van der Waals surface area contributed by atoms with Crippen LogP contribution in [0.15, 0.2) is 294 Å². The van der Waals surface area contributed by atoms with Crippen molar-refractivity contribution in [2.45, 2.75) is 289 Å². The van der Waals surface area contributed by atoms with Crippen LogP contribution in [0.4, 0.5) is 0 Å². The number of thioether (sulfide) groups is 2. The van der Waals surface area contributed by atoms with Crippen LogP contribution < -0.4 is 0 Å². The Morgan fingerprint density at radius 1 is 0.311 bits per heavy atom. The van der Waals surface area contributed by atoms with Gasteiger partial charge in [-0.05, 0) is 281 Å². The topological polar surface area (TPSA) is 18.5 Å². The summed E-state index contributed by atoms with van der Waals surface area (Å²) in [6, 6.07) is 42.2. The fourth-order valence-electron chi connectivity index (χ4n) is 10.8. The quantitative estimate of drug-likeness (QED) is 0.0190. The normalized spacial score (nSPS) is 13.4. The van der Waals surface area contributed by atoms with Gasteiger partial charge >= 0.3 is 0 Å². The van der Waals surface area contributed by atoms with Gasteiger partial charge in [-0.1, -0.05) is 291 Å². The van der Waals surface area contributed by atoms with Crippen molar-refractivity contribution in [3.05, 3.63) is 296 Å². The minimum absolute atomic E-state index is 0. The van der Waals surface area contributed by atoms with Gasteiger partial charge < -0.3 is 9.47 Å². The van der Waals surface area contributed by atoms with Crippen LogP contribution in [0.3, 0.4) is 0 Å². The average molecular weight is 1500 g/mol. The maximum Gasteiger partial charge on any atom is 0.0721 e. The number of ether oxygens (including phenoxy) is 2. The number of allylic oxidation sites excluding steroid dienone is 24. The van der Waals surface area contributed by atoms with E-state index >= 15 is 0 Å². The third-order valence-electron chi connectivity index (χ3n) is 17.4. The van der Waals surface area contributed by atoms with Crippen molar-refractivity contribution >= 4 is 39.5 Å². The molecule has 0 fully saturated rings. The van der Waals surface area contributed by atoms with Crippen molar-refractivity contribution in [2.24, 2.45) is 0 Å². The van der Waals surface area contributed by atoms with Crippen molar-refractivity contribution in [3.63, 3.8) is 0 Å². The van der Waals surface area contributed by atoms with Crippen LogP contribution in [-0.2, 0) is 22.7 Å². The first-order chi connectivity index (χ1) is 48.7. The molecule has 4 aromatic carbocycles. The Morgan fingerprint density at radius 2 is 0.583 bits per heavy atom. The molecule has 0 aliphatic carbocycles. The van der Waals surface area contributed by atoms with Gasteiger partial charge in [-0.2, -0.15) is 0 Å². The molecule has 1 atom stereocenters. The molecule has 0 aliphatic rings. The molecule has 0 radical (unpaired) electrons. The van der Waals surface area contributed by atoms with Gasteiger partial charge in [-0.25, -0.2) is 0 Å². The first kappa shape index (κ1) is 97.3. The minimum atomic E-state index is 0. The molecule has 4 aromatic rings. The third-order valence-corrected chi connectivity index (χ3v) is 20.4. The van der Waals surface area contributed by atoms with Crippen molar-refractivity contribution in [2.75, 3.05) is 24.3 Å². The summed E-state index contributed by atoms with van der Waals surface area (Å²) in [6.45, 7) is 38.5. The Kier molecular flexibility index (Phi) is 61.1. The molecule has 0 N–H and O–H groups in total. The molecule has 0 amide bonds. The van der Waals surface area contributed by atoms with E-state index in [1.54, 1.807) is 0 Å². The van der Waals surface area contributed by atoms with E-state index in [-0.39, 0.29) is 14.9 Å². The van der Waals surface area contributed by atoms with Gasteiger partial charge in [0.1, 0.15) is 0 Å². The van der Waals surface area contributed by atoms with Crippen molar-refractivity contribution in [1.82, 2.24) is 0 Å². The summed E-state index contributed by atoms with van der Waals surface area (Å²) in [5.41, 5.74) is 23.0. The van der Waals surface area contributed by atoms with Gasteiger partial charge in [-0.15, -0.1) is 23.5 Å². The molecule has 0 saturated carbocycles. The molecule has 1 unspecified atom stereocenters. The summed E-state index contributed by atoms with van der Waals surface area (Å²) in [5.74, 6) is 1.06. The summed E-state index contributed by atoms with van der Waals surface area (Å²) >= 11 is 7.38. The number of rotatable bonds is 47. The number of halogens is 1. The van der Waals surface area contributed by atoms with Gasteiger partial charge in [0, 0.05) is 26.1 Å². The summed E-state index contributed by atoms with van der Waals surface area (Å²) in [6.07, 6.45) is 57.3. The number of benzene rings is 4. The van der Waals surface area contributed by atoms with Crippen molar-refractivity contribution in [3.8, 4) is 0 Å². The van der Waals surface area contributed by atoms with Gasteiger partial charge in [0.2, 0.25) is 0 Å². The van der Waals surface area contributed by atoms with Crippen LogP contribution in [0.5, 0.6) is 0 Å². The van der Waals surface area contributed by atoms with Crippen molar-refractivity contribution < 1.29 is 9.47 Å². The van der Waals surface area contributed by atoms with E-state index in [2.05, 4.69) is 309 Å². The molecular formula is C98H145BrO2S2. The van der Waals surface area contributed by atoms with Crippen LogP contribution in [0.2, 0.25) is 0 Å². The highest BCUT2D eigenvalue weighted by atomic mass is 79.9. The van der Waals surface area contributed by atoms with Crippen LogP contribution in [0.25, 0.3) is 0 Å². The molecule has 568 valence electrons. The van der Waals surface area contributed by atoms with E-state index in [0.717, 1.165) is 107 Å². The highest BCUT2D eigenvalue weighted by molar-refractivity contribution is 9.09. The van der Waals surface area contributed by atoms with E-state index in [0.29, 0.717) is 31.7 Å². The van der Waals surface area contributed by atoms with E-state index in [9.17, 15) is 0 Å². The molecule has 4 rings (SSSR count). The minimum Gasteiger partial charge on any atom is -0.373 e. The lowest BCUT2D eigenvalue weighted by Crippen LogP contribution is -2.01. The molecule has 0 spiro atoms. The number of hydrogen-bond donors (Lipinski definition) is 0. The Morgan fingerprint density at radius 3 is 0.913 bits per heavy atom. The van der Waals surface area contributed by atoms with Crippen LogP contribution in [-0.4, -0.2) is 29.5 Å². The second kappa shape index (κ2) is 64.7. The Balaban J connectivity index is 0.00000165. The Bertz CT molecular complexity index is 3270. The first-order valence-corrected chi connectivity index (χ1v) is 41.0. The second-order valence-corrected chi connectivity index (χ2v) is 31.4. The zero-order valence-electron chi connectivity index (χ0n) is 66.3. The van der Waals surface area contributed by atoms with Crippen molar-refractivity contribution in [1.29, 1.82) is 0 Å². The van der Waals surface area contributed by atoms with Gasteiger partial charge in [0.25, 0.3) is 0 Å². The van der Waals surface area contributed by atoms with Gasteiger partial charge in [-0.3, -0.25) is 0 Å². The summed E-state index contributed by atoms with van der Waals surface area (Å²) < 4.78 is 11.5. The third kappa shape index (κ3) is 59.2. The molecule has 5 heteroatoms. The molecule has 0 heterocycles. The molecular weight excluding hydrogens is 1350 g/mol. The monoisotopic (exact) mass is 1500 g/mol. The molecule has 2 nitrogen and oxygen atoms in total. The SMILES string of the molecule is C.C.C/C(=C\CC/C(C)=C/CC/C(C)=C/COCc1ccccc1)CBr.CC(C)=CCC/C(C)=C/CC/C(C)=C/CC/C(C)=C/C(C/C(C)=C/CC/C(C)=C/CC/C(C)=C/COCc1ccccc1)Sc1ccccc1.CC(C)=CCC/C(C)=C/CC/C(C)=C/CC/C(C)=C/CSc1ccccc1. The average Bonchev–Trinajstić information content (AvgIpc) is 0.919. The molecule has 0 aromatic heterocycles. The summed E-state index contributed by atoms with van der Waals surface area (Å²) in [5, 5.41) is 1.42. The fourth-order valence-corrected chi connectivity index (χ4v) is 13.3. The predicted octanol–water partition coefficient (Wildman–Crippen LogP) is 32.5. The Hall–Kier alpha value is -5.66. The molecule has 103 heavy (non-hydrogen) atoms. The lowest BCUT2D eigenvalue weighted by molar-refractivity contribution is 0.148. The molecule has 0 saturated heterocycles. The Labute approximate surface area is 652 Å². The van der Waals surface area contributed by atoms with Gasteiger partial charge in [0.05, 0.1) is 26.4 Å². The van der Waals surface area contributed by atoms with E-state index < -0.39 is 0 Å². The number of hydrogen-bond acceptors (Lipinski definition) is 4. The molecule has 0 aliphatic heterocycles. The lowest BCUT2D eigenvalue weighted by atomic mass is 10.0. The smallest absolute Gasteiger partial charge is 0.0721 e. The van der Waals surface area contributed by atoms with E-state index in [4.69, 9.17) is 9.47 Å². The highest BCUT2D eigenvalue weighted by Crippen LogP contribution is 2.31. The standard InChI is InChI=1S/C48H68OS.C26H38S.C22H31BrO.2CH4/c1-39(2)20-15-21-40(3)22-16-23-41(4)25-18-28-44(7)36-48(50-47-32-13-10-14-33-47)37-45(8)29-19-26-42(5)24-17-27-43(6)34-35-49-38-46-30-11-9-12-31-46;1-22(2)12-9-13-23(3)14-10-15-24(4)16-11-17-25(5)20-21-27-26-18-7-6-8-19-26;1-19(10-8-12-21(3)17-23)9-7-11-20(2)15-16-24-18-22-13-5-4-6-14-22;;/h9-14,20,22,24-25,29-34,36,48H,15-19,21,23,26-28,35,37-38H2,1-8H3;6-8,12,14,16,18-20H,9-11,13,15,17,21H2,1-5H3;4-6,9,12-15H,7-8,10-11,16-18H2,1-3H3;2*1H4/b40-22+,41-25+,42-24+,43-34+,44-36+,45-29+;23-14+,24-16+,25-20+;19-9+,20-15+,21-12+;;. The predicted molar refractivity (Wildman–Crippen MR) is 474 cm³/mol. The largest absolute Gasteiger partial charge is 0.373 e. The molecule has 0 bridgehead atoms. The number of alkyl halides is 1. The maximum absolute atomic E-state index is 5.82. The fraction of sp³-hybridized carbons (Fsp3) is 0.469. The van der Waals surface area contributed by atoms with Crippen LogP contribution >= 0.6 is 39.5 Å². The second-order valence-electron chi connectivity index (χ2n) is 28.5.